The first-order valence-corrected chi connectivity index (χ1v) is 5.55. The lowest BCUT2D eigenvalue weighted by atomic mass is 10.2. The summed E-state index contributed by atoms with van der Waals surface area (Å²) >= 11 is 0. The lowest BCUT2D eigenvalue weighted by Crippen LogP contribution is -2.36. The molecule has 4 heteroatoms. The largest absolute Gasteiger partial charge is 0.466 e. The van der Waals surface area contributed by atoms with Crippen LogP contribution in [0.15, 0.2) is 12.7 Å². The summed E-state index contributed by atoms with van der Waals surface area (Å²) in [7, 11) is 0. The third-order valence-corrected chi connectivity index (χ3v) is 2.18. The summed E-state index contributed by atoms with van der Waals surface area (Å²) in [5.41, 5.74) is 0. The second-order valence-corrected chi connectivity index (χ2v) is 3.88. The summed E-state index contributed by atoms with van der Waals surface area (Å²) in [6.07, 6.45) is 2.92. The van der Waals surface area contributed by atoms with Gasteiger partial charge in [-0.2, -0.15) is 0 Å². The molecule has 0 unspecified atom stereocenters. The molecule has 1 amide bonds. The van der Waals surface area contributed by atoms with Crippen LogP contribution in [0.2, 0.25) is 0 Å². The van der Waals surface area contributed by atoms with Gasteiger partial charge < -0.3 is 9.64 Å². The molecular formula is C12H21NO3. The van der Waals surface area contributed by atoms with Gasteiger partial charge in [0.2, 0.25) is 5.91 Å². The number of hydrogen-bond acceptors (Lipinski definition) is 3. The molecule has 0 aromatic rings. The number of ether oxygens (including phenoxy) is 1. The molecular weight excluding hydrogens is 206 g/mol. The van der Waals surface area contributed by atoms with Crippen molar-refractivity contribution >= 4 is 11.9 Å². The van der Waals surface area contributed by atoms with Crippen molar-refractivity contribution in [1.29, 1.82) is 0 Å². The molecule has 92 valence electrons. The Hall–Kier alpha value is -1.32. The highest BCUT2D eigenvalue weighted by Crippen LogP contribution is 2.03. The van der Waals surface area contributed by atoms with Crippen molar-refractivity contribution in [3.05, 3.63) is 12.7 Å². The summed E-state index contributed by atoms with van der Waals surface area (Å²) in [6, 6.07) is 0.166. The molecule has 0 fully saturated rings. The van der Waals surface area contributed by atoms with E-state index >= 15 is 0 Å². The molecule has 0 aliphatic heterocycles. The van der Waals surface area contributed by atoms with Crippen LogP contribution < -0.4 is 0 Å². The van der Waals surface area contributed by atoms with Gasteiger partial charge in [-0.25, -0.2) is 0 Å². The molecule has 0 heterocycles. The number of nitrogens with zero attached hydrogens (tertiary/aromatic N) is 1. The zero-order chi connectivity index (χ0) is 12.6. The standard InChI is InChI=1S/C12H21NO3/c1-5-12(15)13(10(2)3)8-6-7-9-16-11(4)14/h5,10H,1,6-9H2,2-4H3. The Labute approximate surface area is 97.3 Å². The van der Waals surface area contributed by atoms with Crippen molar-refractivity contribution in [3.63, 3.8) is 0 Å². The summed E-state index contributed by atoms with van der Waals surface area (Å²) in [4.78, 5) is 23.7. The number of carbonyl (C=O) groups is 2. The van der Waals surface area contributed by atoms with Crippen LogP contribution in [0.4, 0.5) is 0 Å². The fourth-order valence-corrected chi connectivity index (χ4v) is 1.34. The Morgan fingerprint density at radius 1 is 1.38 bits per heavy atom. The second kappa shape index (κ2) is 7.91. The Morgan fingerprint density at radius 2 is 2.00 bits per heavy atom. The van der Waals surface area contributed by atoms with Gasteiger partial charge in [0.15, 0.2) is 0 Å². The molecule has 0 aromatic carbocycles. The van der Waals surface area contributed by atoms with Crippen LogP contribution in [0.5, 0.6) is 0 Å². The van der Waals surface area contributed by atoms with E-state index in [-0.39, 0.29) is 17.9 Å². The molecule has 4 nitrogen and oxygen atoms in total. The lowest BCUT2D eigenvalue weighted by molar-refractivity contribution is -0.141. The number of carbonyl (C=O) groups excluding carboxylic acids is 2. The number of unbranched alkanes of at least 4 members (excludes halogenated alkanes) is 1. The molecule has 0 aliphatic carbocycles. The minimum atomic E-state index is -0.261. The van der Waals surface area contributed by atoms with Crippen molar-refractivity contribution in [3.8, 4) is 0 Å². The van der Waals surface area contributed by atoms with Gasteiger partial charge in [0.25, 0.3) is 0 Å². The minimum absolute atomic E-state index is 0.0533. The van der Waals surface area contributed by atoms with Gasteiger partial charge in [-0.1, -0.05) is 6.58 Å². The smallest absolute Gasteiger partial charge is 0.302 e. The number of esters is 1. The highest BCUT2D eigenvalue weighted by Gasteiger charge is 2.12. The normalized spacial score (nSPS) is 10.0. The quantitative estimate of drug-likeness (QED) is 0.378. The zero-order valence-electron chi connectivity index (χ0n) is 10.4. The van der Waals surface area contributed by atoms with E-state index in [1.165, 1.54) is 13.0 Å². The van der Waals surface area contributed by atoms with Crippen molar-refractivity contribution < 1.29 is 14.3 Å². The maximum atomic E-state index is 11.4. The fourth-order valence-electron chi connectivity index (χ4n) is 1.34. The maximum absolute atomic E-state index is 11.4. The van der Waals surface area contributed by atoms with Crippen molar-refractivity contribution in [2.24, 2.45) is 0 Å². The molecule has 0 bridgehead atoms. The van der Waals surface area contributed by atoms with Crippen LogP contribution in [-0.4, -0.2) is 36.0 Å². The number of hydrogen-bond donors (Lipinski definition) is 0. The molecule has 0 radical (unpaired) electrons. The highest BCUT2D eigenvalue weighted by atomic mass is 16.5. The van der Waals surface area contributed by atoms with Crippen molar-refractivity contribution in [2.75, 3.05) is 13.2 Å². The van der Waals surface area contributed by atoms with Gasteiger partial charge >= 0.3 is 5.97 Å². The summed E-state index contributed by atoms with van der Waals surface area (Å²) in [5.74, 6) is -0.314. The summed E-state index contributed by atoms with van der Waals surface area (Å²) in [5, 5.41) is 0. The van der Waals surface area contributed by atoms with E-state index in [0.717, 1.165) is 12.8 Å². The van der Waals surface area contributed by atoms with Crippen molar-refractivity contribution in [1.82, 2.24) is 4.90 Å². The van der Waals surface area contributed by atoms with Crippen LogP contribution in [0.1, 0.15) is 33.6 Å². The molecule has 0 aliphatic rings. The van der Waals surface area contributed by atoms with E-state index in [0.29, 0.717) is 13.2 Å². The van der Waals surface area contributed by atoms with E-state index < -0.39 is 0 Å². The predicted molar refractivity (Wildman–Crippen MR) is 62.9 cm³/mol. The molecule has 16 heavy (non-hydrogen) atoms. The van der Waals surface area contributed by atoms with Crippen LogP contribution in [0, 0.1) is 0 Å². The van der Waals surface area contributed by atoms with Gasteiger partial charge in [0, 0.05) is 19.5 Å². The molecule has 0 rings (SSSR count). The minimum Gasteiger partial charge on any atom is -0.466 e. The number of rotatable bonds is 7. The van der Waals surface area contributed by atoms with Gasteiger partial charge in [-0.05, 0) is 32.8 Å². The number of amides is 1. The van der Waals surface area contributed by atoms with E-state index in [1.54, 1.807) is 4.90 Å². The van der Waals surface area contributed by atoms with E-state index in [9.17, 15) is 9.59 Å². The highest BCUT2D eigenvalue weighted by molar-refractivity contribution is 5.87. The van der Waals surface area contributed by atoms with Gasteiger partial charge in [0.1, 0.15) is 0 Å². The van der Waals surface area contributed by atoms with E-state index in [4.69, 9.17) is 4.74 Å². The second-order valence-electron chi connectivity index (χ2n) is 3.88. The molecule has 0 saturated carbocycles. The average Bonchev–Trinajstić information content (AvgIpc) is 2.21. The van der Waals surface area contributed by atoms with Gasteiger partial charge in [-0.3, -0.25) is 9.59 Å². The maximum Gasteiger partial charge on any atom is 0.302 e. The monoisotopic (exact) mass is 227 g/mol. The van der Waals surface area contributed by atoms with Gasteiger partial charge in [0.05, 0.1) is 6.61 Å². The van der Waals surface area contributed by atoms with Gasteiger partial charge in [-0.15, -0.1) is 0 Å². The fraction of sp³-hybridized carbons (Fsp3) is 0.667. The summed E-state index contributed by atoms with van der Waals surface area (Å²) < 4.78 is 4.81. The third kappa shape index (κ3) is 6.22. The first-order chi connectivity index (χ1) is 7.49. The first-order valence-electron chi connectivity index (χ1n) is 5.55. The molecule has 0 saturated heterocycles. The summed E-state index contributed by atoms with van der Waals surface area (Å²) in [6.45, 7) is 9.88. The van der Waals surface area contributed by atoms with Crippen molar-refractivity contribution in [2.45, 2.75) is 39.7 Å². The van der Waals surface area contributed by atoms with Crippen LogP contribution in [-0.2, 0) is 14.3 Å². The molecule has 0 spiro atoms. The SMILES string of the molecule is C=CC(=O)N(CCCCOC(C)=O)C(C)C. The van der Waals surface area contributed by atoms with Crippen LogP contribution in [0.3, 0.4) is 0 Å². The lowest BCUT2D eigenvalue weighted by Gasteiger charge is -2.25. The van der Waals surface area contributed by atoms with E-state index in [2.05, 4.69) is 6.58 Å². The first kappa shape index (κ1) is 14.7. The topological polar surface area (TPSA) is 46.6 Å². The molecule has 0 aromatic heterocycles. The molecule has 0 N–H and O–H groups in total. The van der Waals surface area contributed by atoms with Crippen LogP contribution in [0.25, 0.3) is 0 Å². The predicted octanol–water partition coefficient (Wildman–Crippen LogP) is 1.75. The third-order valence-electron chi connectivity index (χ3n) is 2.18. The average molecular weight is 227 g/mol. The Kier molecular flexibility index (Phi) is 7.25. The van der Waals surface area contributed by atoms with Crippen LogP contribution >= 0.6 is 0 Å². The Morgan fingerprint density at radius 3 is 2.44 bits per heavy atom. The molecule has 0 atom stereocenters. The Bertz CT molecular complexity index is 249. The Balaban J connectivity index is 3.81. The zero-order valence-corrected chi connectivity index (χ0v) is 10.4. The van der Waals surface area contributed by atoms with E-state index in [1.807, 2.05) is 13.8 Å².